The van der Waals surface area contributed by atoms with Crippen molar-refractivity contribution in [1.29, 1.82) is 0 Å². The molecule has 3 heteroatoms. The first-order valence-corrected chi connectivity index (χ1v) is 6.61. The minimum atomic E-state index is -0.848. The number of aromatic nitrogens is 1. The number of hydrogen-bond acceptors (Lipinski definition) is 3. The molecule has 0 aliphatic carbocycles. The molecule has 102 valence electrons. The Morgan fingerprint density at radius 3 is 2.68 bits per heavy atom. The fourth-order valence-electron chi connectivity index (χ4n) is 2.31. The molecule has 0 amide bonds. The van der Waals surface area contributed by atoms with Crippen LogP contribution in [0.15, 0.2) is 36.5 Å². The molecule has 0 saturated heterocycles. The summed E-state index contributed by atoms with van der Waals surface area (Å²) in [6, 6.07) is 9.99. The van der Waals surface area contributed by atoms with Crippen molar-refractivity contribution in [2.45, 2.75) is 25.9 Å². The highest BCUT2D eigenvalue weighted by Gasteiger charge is 2.31. The van der Waals surface area contributed by atoms with Gasteiger partial charge in [0.15, 0.2) is 0 Å². The van der Waals surface area contributed by atoms with Gasteiger partial charge < -0.3 is 9.84 Å². The second kappa shape index (κ2) is 5.68. The molecule has 1 unspecified atom stereocenters. The van der Waals surface area contributed by atoms with Crippen molar-refractivity contribution in [2.24, 2.45) is 5.92 Å². The van der Waals surface area contributed by atoms with Crippen LogP contribution < -0.4 is 0 Å². The van der Waals surface area contributed by atoms with Gasteiger partial charge >= 0.3 is 0 Å². The zero-order chi connectivity index (χ0) is 13.9. The summed E-state index contributed by atoms with van der Waals surface area (Å²) in [7, 11) is 1.62. The molecule has 0 bridgehead atoms. The quantitative estimate of drug-likeness (QED) is 0.897. The Hall–Kier alpha value is -1.45. The SMILES string of the molecule is COCC(O)(Cc1ccnc2ccccc12)C(C)C. The van der Waals surface area contributed by atoms with Crippen LogP contribution in [0, 0.1) is 5.92 Å². The summed E-state index contributed by atoms with van der Waals surface area (Å²) >= 11 is 0. The monoisotopic (exact) mass is 259 g/mol. The normalized spacial score (nSPS) is 14.8. The maximum atomic E-state index is 10.8. The number of benzene rings is 1. The molecular formula is C16H21NO2. The van der Waals surface area contributed by atoms with Gasteiger partial charge in [0.1, 0.15) is 0 Å². The maximum absolute atomic E-state index is 10.8. The van der Waals surface area contributed by atoms with Crippen molar-refractivity contribution in [1.82, 2.24) is 4.98 Å². The number of fused-ring (bicyclic) bond motifs is 1. The van der Waals surface area contributed by atoms with Gasteiger partial charge in [-0.15, -0.1) is 0 Å². The van der Waals surface area contributed by atoms with E-state index >= 15 is 0 Å². The highest BCUT2D eigenvalue weighted by Crippen LogP contribution is 2.26. The molecule has 1 aromatic heterocycles. The van der Waals surface area contributed by atoms with Gasteiger partial charge in [0.25, 0.3) is 0 Å². The molecule has 3 nitrogen and oxygen atoms in total. The van der Waals surface area contributed by atoms with Crippen molar-refractivity contribution >= 4 is 10.9 Å². The maximum Gasteiger partial charge on any atom is 0.0942 e. The number of rotatable bonds is 5. The van der Waals surface area contributed by atoms with Crippen LogP contribution in [0.3, 0.4) is 0 Å². The molecule has 1 N–H and O–H groups in total. The topological polar surface area (TPSA) is 42.4 Å². The molecule has 19 heavy (non-hydrogen) atoms. The van der Waals surface area contributed by atoms with E-state index in [4.69, 9.17) is 4.74 Å². The lowest BCUT2D eigenvalue weighted by molar-refractivity contribution is -0.0635. The Labute approximate surface area is 114 Å². The van der Waals surface area contributed by atoms with E-state index in [0.29, 0.717) is 13.0 Å². The smallest absolute Gasteiger partial charge is 0.0942 e. The van der Waals surface area contributed by atoms with Crippen LogP contribution in [0.25, 0.3) is 10.9 Å². The molecular weight excluding hydrogens is 238 g/mol. The van der Waals surface area contributed by atoms with Gasteiger partial charge in [-0.1, -0.05) is 32.0 Å². The number of ether oxygens (including phenoxy) is 1. The molecule has 1 aromatic carbocycles. The van der Waals surface area contributed by atoms with E-state index in [0.717, 1.165) is 16.5 Å². The van der Waals surface area contributed by atoms with Crippen molar-refractivity contribution in [3.8, 4) is 0 Å². The van der Waals surface area contributed by atoms with Crippen molar-refractivity contribution in [3.63, 3.8) is 0 Å². The number of methoxy groups -OCH3 is 1. The molecule has 2 aromatic rings. The van der Waals surface area contributed by atoms with Crippen LogP contribution in [-0.2, 0) is 11.2 Å². The van der Waals surface area contributed by atoms with Crippen molar-refractivity contribution in [3.05, 3.63) is 42.1 Å². The van der Waals surface area contributed by atoms with Crippen LogP contribution in [0.2, 0.25) is 0 Å². The first-order valence-electron chi connectivity index (χ1n) is 6.61. The fourth-order valence-corrected chi connectivity index (χ4v) is 2.31. The molecule has 1 heterocycles. The third kappa shape index (κ3) is 2.94. The summed E-state index contributed by atoms with van der Waals surface area (Å²) < 4.78 is 5.19. The van der Waals surface area contributed by atoms with Gasteiger partial charge in [-0.25, -0.2) is 0 Å². The van der Waals surface area contributed by atoms with Crippen LogP contribution in [-0.4, -0.2) is 29.4 Å². The van der Waals surface area contributed by atoms with Crippen LogP contribution in [0.5, 0.6) is 0 Å². The molecule has 1 atom stereocenters. The van der Waals surface area contributed by atoms with E-state index < -0.39 is 5.60 Å². The van der Waals surface area contributed by atoms with E-state index in [-0.39, 0.29) is 5.92 Å². The van der Waals surface area contributed by atoms with E-state index in [9.17, 15) is 5.11 Å². The number of pyridine rings is 1. The summed E-state index contributed by atoms with van der Waals surface area (Å²) in [4.78, 5) is 4.35. The molecule has 2 rings (SSSR count). The van der Waals surface area contributed by atoms with Gasteiger partial charge in [0.05, 0.1) is 17.7 Å². The van der Waals surface area contributed by atoms with Crippen LogP contribution in [0.1, 0.15) is 19.4 Å². The zero-order valence-corrected chi connectivity index (χ0v) is 11.8. The Kier molecular flexibility index (Phi) is 4.17. The lowest BCUT2D eigenvalue weighted by Gasteiger charge is -2.32. The average molecular weight is 259 g/mol. The zero-order valence-electron chi connectivity index (χ0n) is 11.8. The Morgan fingerprint density at radius 1 is 1.26 bits per heavy atom. The highest BCUT2D eigenvalue weighted by atomic mass is 16.5. The largest absolute Gasteiger partial charge is 0.387 e. The number of nitrogens with zero attached hydrogens (tertiary/aromatic N) is 1. The van der Waals surface area contributed by atoms with E-state index in [1.54, 1.807) is 13.3 Å². The van der Waals surface area contributed by atoms with Gasteiger partial charge in [-0.3, -0.25) is 4.98 Å². The number of aliphatic hydroxyl groups is 1. The highest BCUT2D eigenvalue weighted by molar-refractivity contribution is 5.81. The Bertz CT molecular complexity index is 548. The van der Waals surface area contributed by atoms with Gasteiger partial charge in [-0.2, -0.15) is 0 Å². The predicted molar refractivity (Wildman–Crippen MR) is 77.1 cm³/mol. The fraction of sp³-hybridized carbons (Fsp3) is 0.438. The summed E-state index contributed by atoms with van der Waals surface area (Å²) in [6.45, 7) is 4.37. The average Bonchev–Trinajstić information content (AvgIpc) is 2.39. The molecule has 0 fully saturated rings. The first kappa shape index (κ1) is 14.0. The molecule has 0 aliphatic heterocycles. The van der Waals surface area contributed by atoms with Crippen molar-refractivity contribution < 1.29 is 9.84 Å². The second-order valence-corrected chi connectivity index (χ2v) is 5.36. The third-order valence-corrected chi connectivity index (χ3v) is 3.70. The van der Waals surface area contributed by atoms with Crippen molar-refractivity contribution in [2.75, 3.05) is 13.7 Å². The van der Waals surface area contributed by atoms with Crippen LogP contribution in [0.4, 0.5) is 0 Å². The van der Waals surface area contributed by atoms with E-state index in [2.05, 4.69) is 4.98 Å². The Morgan fingerprint density at radius 2 is 2.00 bits per heavy atom. The summed E-state index contributed by atoms with van der Waals surface area (Å²) in [5.74, 6) is 0.124. The molecule has 0 spiro atoms. The minimum Gasteiger partial charge on any atom is -0.387 e. The van der Waals surface area contributed by atoms with E-state index in [1.165, 1.54) is 0 Å². The molecule has 0 saturated carbocycles. The predicted octanol–water partition coefficient (Wildman–Crippen LogP) is 2.81. The lowest BCUT2D eigenvalue weighted by Crippen LogP contribution is -2.42. The Balaban J connectivity index is 2.39. The van der Waals surface area contributed by atoms with Crippen LogP contribution >= 0.6 is 0 Å². The summed E-state index contributed by atoms with van der Waals surface area (Å²) in [6.07, 6.45) is 2.37. The van der Waals surface area contributed by atoms with E-state index in [1.807, 2.05) is 44.2 Å². The molecule has 0 aliphatic rings. The first-order chi connectivity index (χ1) is 9.07. The van der Waals surface area contributed by atoms with Gasteiger partial charge in [-0.05, 0) is 23.6 Å². The van der Waals surface area contributed by atoms with Gasteiger partial charge in [0.2, 0.25) is 0 Å². The number of hydrogen-bond donors (Lipinski definition) is 1. The standard InChI is InChI=1S/C16H21NO2/c1-12(2)16(18,11-19-3)10-13-8-9-17-15-7-5-4-6-14(13)15/h4-9,12,18H,10-11H2,1-3H3. The minimum absolute atomic E-state index is 0.124. The molecule has 0 radical (unpaired) electrons. The number of para-hydroxylation sites is 1. The van der Waals surface area contributed by atoms with Gasteiger partial charge in [0, 0.05) is 25.1 Å². The summed E-state index contributed by atoms with van der Waals surface area (Å²) in [5, 5.41) is 11.9. The second-order valence-electron chi connectivity index (χ2n) is 5.36. The third-order valence-electron chi connectivity index (χ3n) is 3.70. The summed E-state index contributed by atoms with van der Waals surface area (Å²) in [5.41, 5.74) is 1.22. The lowest BCUT2D eigenvalue weighted by atomic mass is 9.84.